The smallest absolute Gasteiger partial charge is 0.318 e. The van der Waals surface area contributed by atoms with Crippen molar-refractivity contribution in [3.63, 3.8) is 0 Å². The number of aliphatic hydroxyl groups is 1. The molecule has 2 rings (SSSR count). The summed E-state index contributed by atoms with van der Waals surface area (Å²) in [6, 6.07) is -0.258. The van der Waals surface area contributed by atoms with Crippen molar-refractivity contribution in [1.29, 1.82) is 0 Å². The Kier molecular flexibility index (Phi) is 5.05. The number of hydrogen-bond acceptors (Lipinski definition) is 4. The molecule has 2 aliphatic rings. The van der Waals surface area contributed by atoms with E-state index < -0.39 is 11.5 Å². The van der Waals surface area contributed by atoms with E-state index in [1.54, 1.807) is 4.90 Å². The summed E-state index contributed by atoms with van der Waals surface area (Å²) >= 11 is 0. The van der Waals surface area contributed by atoms with E-state index in [1.165, 1.54) is 0 Å². The van der Waals surface area contributed by atoms with Crippen molar-refractivity contribution in [1.82, 2.24) is 10.2 Å². The monoisotopic (exact) mass is 300 g/mol. The van der Waals surface area contributed by atoms with E-state index >= 15 is 0 Å². The molecule has 1 heterocycles. The summed E-state index contributed by atoms with van der Waals surface area (Å²) in [5, 5.41) is 21.2. The first-order valence-corrected chi connectivity index (χ1v) is 7.49. The maximum atomic E-state index is 12.4. The topological polar surface area (TPSA) is 99.1 Å². The molecular weight excluding hydrogens is 276 g/mol. The number of amides is 2. The van der Waals surface area contributed by atoms with Crippen LogP contribution in [-0.4, -0.2) is 64.6 Å². The van der Waals surface area contributed by atoms with Gasteiger partial charge in [-0.15, -0.1) is 0 Å². The highest BCUT2D eigenvalue weighted by molar-refractivity contribution is 5.77. The van der Waals surface area contributed by atoms with E-state index in [4.69, 9.17) is 9.84 Å². The first kappa shape index (κ1) is 16.0. The van der Waals surface area contributed by atoms with Crippen LogP contribution >= 0.6 is 0 Å². The normalized spacial score (nSPS) is 28.4. The number of urea groups is 1. The molecule has 0 radical (unpaired) electrons. The summed E-state index contributed by atoms with van der Waals surface area (Å²) in [7, 11) is 0. The molecule has 7 heteroatoms. The van der Waals surface area contributed by atoms with Gasteiger partial charge in [0.05, 0.1) is 37.3 Å². The van der Waals surface area contributed by atoms with Gasteiger partial charge in [-0.3, -0.25) is 4.79 Å². The van der Waals surface area contributed by atoms with Gasteiger partial charge >= 0.3 is 12.0 Å². The van der Waals surface area contributed by atoms with E-state index in [1.807, 2.05) is 6.92 Å². The van der Waals surface area contributed by atoms with Crippen LogP contribution in [-0.2, 0) is 9.53 Å². The van der Waals surface area contributed by atoms with Gasteiger partial charge in [0.2, 0.25) is 0 Å². The fraction of sp³-hybridized carbons (Fsp3) is 0.857. The Balaban J connectivity index is 2.00. The van der Waals surface area contributed by atoms with Crippen LogP contribution in [0.5, 0.6) is 0 Å². The van der Waals surface area contributed by atoms with Crippen LogP contribution in [0.1, 0.15) is 39.0 Å². The average molecular weight is 300 g/mol. The van der Waals surface area contributed by atoms with E-state index in [-0.39, 0.29) is 31.3 Å². The van der Waals surface area contributed by atoms with Gasteiger partial charge in [-0.2, -0.15) is 0 Å². The highest BCUT2D eigenvalue weighted by Gasteiger charge is 2.39. The average Bonchev–Trinajstić information content (AvgIpc) is 2.85. The Labute approximate surface area is 124 Å². The van der Waals surface area contributed by atoms with Gasteiger partial charge in [0.25, 0.3) is 0 Å². The van der Waals surface area contributed by atoms with Crippen molar-refractivity contribution < 1.29 is 24.5 Å². The van der Waals surface area contributed by atoms with E-state index in [0.29, 0.717) is 25.9 Å². The number of carbonyl (C=O) groups is 2. The Hall–Kier alpha value is -1.34. The molecule has 0 aromatic rings. The number of rotatable bonds is 4. The number of carboxylic acids is 1. The summed E-state index contributed by atoms with van der Waals surface area (Å²) in [4.78, 5) is 25.1. The molecule has 7 nitrogen and oxygen atoms in total. The van der Waals surface area contributed by atoms with Crippen molar-refractivity contribution in [3.05, 3.63) is 0 Å². The Morgan fingerprint density at radius 2 is 2.00 bits per heavy atom. The molecule has 0 aromatic carbocycles. The molecule has 2 unspecified atom stereocenters. The number of nitrogens with one attached hydrogen (secondary N) is 1. The second kappa shape index (κ2) is 6.62. The van der Waals surface area contributed by atoms with Gasteiger partial charge in [-0.25, -0.2) is 4.79 Å². The predicted octanol–water partition coefficient (Wildman–Crippen LogP) is 0.565. The van der Waals surface area contributed by atoms with Crippen LogP contribution < -0.4 is 5.32 Å². The van der Waals surface area contributed by atoms with Crippen molar-refractivity contribution in [2.24, 2.45) is 0 Å². The van der Waals surface area contributed by atoms with Gasteiger partial charge in [-0.05, 0) is 19.8 Å². The fourth-order valence-corrected chi connectivity index (χ4v) is 3.31. The van der Waals surface area contributed by atoms with Gasteiger partial charge in [-0.1, -0.05) is 12.8 Å². The standard InChI is InChI=1S/C14H24N2O5/c1-10-7-16(8-11(9-17)21-10)13(20)15-14(6-12(18)19)4-2-3-5-14/h10-11,17H,2-9H2,1H3,(H,15,20)(H,18,19). The number of hydrogen-bond donors (Lipinski definition) is 3. The molecule has 0 bridgehead atoms. The predicted molar refractivity (Wildman–Crippen MR) is 75.0 cm³/mol. The third kappa shape index (κ3) is 4.07. The maximum absolute atomic E-state index is 12.4. The van der Waals surface area contributed by atoms with E-state index in [2.05, 4.69) is 5.32 Å². The van der Waals surface area contributed by atoms with E-state index in [0.717, 1.165) is 12.8 Å². The highest BCUT2D eigenvalue weighted by atomic mass is 16.5. The Morgan fingerprint density at radius 3 is 2.57 bits per heavy atom. The SMILES string of the molecule is CC1CN(C(=O)NC2(CC(=O)O)CCCC2)CC(CO)O1. The van der Waals surface area contributed by atoms with Crippen molar-refractivity contribution in [2.45, 2.75) is 56.8 Å². The lowest BCUT2D eigenvalue weighted by Crippen LogP contribution is -2.58. The van der Waals surface area contributed by atoms with Gasteiger partial charge in [0.1, 0.15) is 0 Å². The fourth-order valence-electron chi connectivity index (χ4n) is 3.31. The minimum Gasteiger partial charge on any atom is -0.481 e. The van der Waals surface area contributed by atoms with Gasteiger partial charge in [0, 0.05) is 6.54 Å². The number of aliphatic carboxylic acids is 1. The lowest BCUT2D eigenvalue weighted by atomic mass is 9.93. The summed E-state index contributed by atoms with van der Waals surface area (Å²) in [5.41, 5.74) is -0.626. The lowest BCUT2D eigenvalue weighted by Gasteiger charge is -2.38. The number of carbonyl (C=O) groups excluding carboxylic acids is 1. The molecule has 21 heavy (non-hydrogen) atoms. The zero-order chi connectivity index (χ0) is 15.5. The van der Waals surface area contributed by atoms with Crippen molar-refractivity contribution >= 4 is 12.0 Å². The number of morpholine rings is 1. The summed E-state index contributed by atoms with van der Waals surface area (Å²) in [6.45, 7) is 2.50. The van der Waals surface area contributed by atoms with Crippen molar-refractivity contribution in [2.75, 3.05) is 19.7 Å². The molecule has 120 valence electrons. The van der Waals surface area contributed by atoms with Crippen LogP contribution in [0.4, 0.5) is 4.79 Å². The second-order valence-corrected chi connectivity index (χ2v) is 6.14. The maximum Gasteiger partial charge on any atom is 0.318 e. The zero-order valence-corrected chi connectivity index (χ0v) is 12.4. The Bertz CT molecular complexity index is 395. The molecule has 2 amide bonds. The number of nitrogens with zero attached hydrogens (tertiary/aromatic N) is 1. The molecule has 0 aromatic heterocycles. The second-order valence-electron chi connectivity index (χ2n) is 6.14. The quantitative estimate of drug-likeness (QED) is 0.705. The van der Waals surface area contributed by atoms with Gasteiger partial charge < -0.3 is 25.2 Å². The summed E-state index contributed by atoms with van der Waals surface area (Å²) < 4.78 is 5.51. The molecule has 1 saturated carbocycles. The first-order chi connectivity index (χ1) is 9.94. The van der Waals surface area contributed by atoms with Crippen molar-refractivity contribution in [3.8, 4) is 0 Å². The number of carboxylic acid groups (broad SMARTS) is 1. The Morgan fingerprint density at radius 1 is 1.33 bits per heavy atom. The zero-order valence-electron chi connectivity index (χ0n) is 12.4. The van der Waals surface area contributed by atoms with Crippen LogP contribution in [0.15, 0.2) is 0 Å². The summed E-state index contributed by atoms with van der Waals surface area (Å²) in [5.74, 6) is -0.888. The summed E-state index contributed by atoms with van der Waals surface area (Å²) in [6.07, 6.45) is 2.72. The molecule has 1 aliphatic heterocycles. The van der Waals surface area contributed by atoms with Gasteiger partial charge in [0.15, 0.2) is 0 Å². The third-order valence-electron chi connectivity index (χ3n) is 4.24. The van der Waals surface area contributed by atoms with Crippen LogP contribution in [0, 0.1) is 0 Å². The molecule has 2 atom stereocenters. The minimum atomic E-state index is -0.888. The van der Waals surface area contributed by atoms with E-state index in [9.17, 15) is 14.7 Å². The third-order valence-corrected chi connectivity index (χ3v) is 4.24. The van der Waals surface area contributed by atoms with Crippen LogP contribution in [0.25, 0.3) is 0 Å². The minimum absolute atomic E-state index is 0.0396. The molecule has 1 saturated heterocycles. The van der Waals surface area contributed by atoms with Crippen LogP contribution in [0.3, 0.4) is 0 Å². The molecule has 0 spiro atoms. The first-order valence-electron chi connectivity index (χ1n) is 7.49. The number of ether oxygens (including phenoxy) is 1. The molecule has 1 aliphatic carbocycles. The molecular formula is C14H24N2O5. The van der Waals surface area contributed by atoms with Crippen LogP contribution in [0.2, 0.25) is 0 Å². The largest absolute Gasteiger partial charge is 0.481 e. The highest BCUT2D eigenvalue weighted by Crippen LogP contribution is 2.33. The molecule has 3 N–H and O–H groups in total. The molecule has 2 fully saturated rings. The number of aliphatic hydroxyl groups excluding tert-OH is 1. The lowest BCUT2D eigenvalue weighted by molar-refractivity contribution is -0.138.